The molecule has 0 radical (unpaired) electrons. The van der Waals surface area contributed by atoms with Crippen LogP contribution < -0.4 is 10.6 Å². The van der Waals surface area contributed by atoms with E-state index in [9.17, 15) is 4.79 Å². The van der Waals surface area contributed by atoms with Gasteiger partial charge < -0.3 is 10.6 Å². The average Bonchev–Trinajstić information content (AvgIpc) is 2.73. The number of hydrogen-bond acceptors (Lipinski definition) is 4. The van der Waals surface area contributed by atoms with Crippen molar-refractivity contribution in [1.82, 2.24) is 9.97 Å². The fourth-order valence-corrected chi connectivity index (χ4v) is 2.72. The Hall–Kier alpha value is -1.17. The first-order valence-electron chi connectivity index (χ1n) is 6.53. The first-order valence-corrected chi connectivity index (χ1v) is 7.32. The summed E-state index contributed by atoms with van der Waals surface area (Å²) in [6, 6.07) is 1.89. The van der Waals surface area contributed by atoms with E-state index in [1.807, 2.05) is 13.0 Å². The zero-order chi connectivity index (χ0) is 14.0. The van der Waals surface area contributed by atoms with Crippen LogP contribution >= 0.6 is 15.9 Å². The first kappa shape index (κ1) is 14.2. The largest absolute Gasteiger partial charge is 0.369 e. The fourth-order valence-electron chi connectivity index (χ4n) is 2.31. The molecule has 1 aliphatic heterocycles. The molecule has 1 atom stereocenters. The molecule has 2 rings (SSSR count). The molecule has 2 heterocycles. The summed E-state index contributed by atoms with van der Waals surface area (Å²) >= 11 is 3.42. The Bertz CT molecular complexity index is 494. The highest BCUT2D eigenvalue weighted by atomic mass is 79.9. The molecule has 0 aromatic carbocycles. The molecule has 5 nitrogen and oxygen atoms in total. The molecule has 19 heavy (non-hydrogen) atoms. The van der Waals surface area contributed by atoms with Crippen molar-refractivity contribution in [2.45, 2.75) is 33.1 Å². The SMILES string of the molecule is CCCc1nc(Br)cc(N2CCC(C)(C(N)=O)C2)n1. The van der Waals surface area contributed by atoms with Crippen molar-refractivity contribution in [3.63, 3.8) is 0 Å². The van der Waals surface area contributed by atoms with E-state index in [1.54, 1.807) is 0 Å². The van der Waals surface area contributed by atoms with Gasteiger partial charge in [-0.3, -0.25) is 4.79 Å². The zero-order valence-corrected chi connectivity index (χ0v) is 12.9. The smallest absolute Gasteiger partial charge is 0.225 e. The Morgan fingerprint density at radius 2 is 2.32 bits per heavy atom. The molecule has 2 N–H and O–H groups in total. The lowest BCUT2D eigenvalue weighted by Crippen LogP contribution is -2.37. The molecule has 1 aromatic heterocycles. The molecule has 0 saturated carbocycles. The van der Waals surface area contributed by atoms with Crippen molar-refractivity contribution in [3.05, 3.63) is 16.5 Å². The van der Waals surface area contributed by atoms with E-state index in [2.05, 4.69) is 37.7 Å². The summed E-state index contributed by atoms with van der Waals surface area (Å²) in [5.41, 5.74) is 5.02. The lowest BCUT2D eigenvalue weighted by Gasteiger charge is -2.22. The highest BCUT2D eigenvalue weighted by molar-refractivity contribution is 9.10. The van der Waals surface area contributed by atoms with Crippen molar-refractivity contribution in [3.8, 4) is 0 Å². The number of carbonyl (C=O) groups is 1. The van der Waals surface area contributed by atoms with Gasteiger partial charge in [0.25, 0.3) is 0 Å². The summed E-state index contributed by atoms with van der Waals surface area (Å²) in [5.74, 6) is 1.46. The first-order chi connectivity index (χ1) is 8.94. The number of aromatic nitrogens is 2. The number of carbonyl (C=O) groups excluding carboxylic acids is 1. The highest BCUT2D eigenvalue weighted by Gasteiger charge is 2.39. The molecular formula is C13H19BrN4O. The van der Waals surface area contributed by atoms with Crippen LogP contribution in [0.3, 0.4) is 0 Å². The van der Waals surface area contributed by atoms with Crippen molar-refractivity contribution < 1.29 is 4.79 Å². The topological polar surface area (TPSA) is 72.1 Å². The zero-order valence-electron chi connectivity index (χ0n) is 11.3. The van der Waals surface area contributed by atoms with E-state index in [0.29, 0.717) is 6.54 Å². The molecular weight excluding hydrogens is 308 g/mol. The van der Waals surface area contributed by atoms with Gasteiger partial charge >= 0.3 is 0 Å². The van der Waals surface area contributed by atoms with Crippen LogP contribution in [0.1, 0.15) is 32.5 Å². The van der Waals surface area contributed by atoms with Gasteiger partial charge in [-0.05, 0) is 35.7 Å². The van der Waals surface area contributed by atoms with Gasteiger partial charge in [0.15, 0.2) is 0 Å². The molecule has 0 aliphatic carbocycles. The lowest BCUT2D eigenvalue weighted by atomic mass is 9.89. The number of hydrogen-bond donors (Lipinski definition) is 1. The van der Waals surface area contributed by atoms with Gasteiger partial charge in [-0.2, -0.15) is 0 Å². The summed E-state index contributed by atoms with van der Waals surface area (Å²) in [7, 11) is 0. The van der Waals surface area contributed by atoms with Crippen LogP contribution in [0.15, 0.2) is 10.7 Å². The van der Waals surface area contributed by atoms with Crippen LogP contribution in [0.25, 0.3) is 0 Å². The Morgan fingerprint density at radius 3 is 2.89 bits per heavy atom. The van der Waals surface area contributed by atoms with E-state index in [-0.39, 0.29) is 5.91 Å². The summed E-state index contributed by atoms with van der Waals surface area (Å²) in [4.78, 5) is 22.5. The van der Waals surface area contributed by atoms with Gasteiger partial charge in [-0.25, -0.2) is 9.97 Å². The molecule has 1 aliphatic rings. The second-order valence-electron chi connectivity index (χ2n) is 5.31. The van der Waals surface area contributed by atoms with E-state index in [4.69, 9.17) is 5.73 Å². The van der Waals surface area contributed by atoms with Crippen molar-refractivity contribution in [1.29, 1.82) is 0 Å². The minimum absolute atomic E-state index is 0.239. The van der Waals surface area contributed by atoms with E-state index >= 15 is 0 Å². The predicted octanol–water partition coefficient (Wildman–Crippen LogP) is 1.89. The Morgan fingerprint density at radius 1 is 1.58 bits per heavy atom. The van der Waals surface area contributed by atoms with E-state index in [1.165, 1.54) is 0 Å². The second-order valence-corrected chi connectivity index (χ2v) is 6.12. The van der Waals surface area contributed by atoms with Gasteiger partial charge in [0.2, 0.25) is 5.91 Å². The molecule has 1 unspecified atom stereocenters. The van der Waals surface area contributed by atoms with Gasteiger partial charge in [0.1, 0.15) is 16.2 Å². The molecule has 6 heteroatoms. The van der Waals surface area contributed by atoms with Crippen molar-refractivity contribution >= 4 is 27.7 Å². The van der Waals surface area contributed by atoms with Crippen LogP contribution in [0.4, 0.5) is 5.82 Å². The van der Waals surface area contributed by atoms with Gasteiger partial charge in [0, 0.05) is 25.6 Å². The second kappa shape index (κ2) is 5.45. The number of amides is 1. The van der Waals surface area contributed by atoms with Crippen LogP contribution in [0.2, 0.25) is 0 Å². The molecule has 104 valence electrons. The third-order valence-corrected chi connectivity index (χ3v) is 4.00. The van der Waals surface area contributed by atoms with E-state index in [0.717, 1.165) is 42.1 Å². The summed E-state index contributed by atoms with van der Waals surface area (Å²) in [6.07, 6.45) is 2.63. The van der Waals surface area contributed by atoms with Crippen molar-refractivity contribution in [2.75, 3.05) is 18.0 Å². The minimum Gasteiger partial charge on any atom is -0.369 e. The number of primary amides is 1. The normalized spacial score (nSPS) is 22.8. The molecule has 0 spiro atoms. The summed E-state index contributed by atoms with van der Waals surface area (Å²) < 4.78 is 0.786. The quantitative estimate of drug-likeness (QED) is 0.857. The molecule has 1 fully saturated rings. The van der Waals surface area contributed by atoms with Gasteiger partial charge in [-0.15, -0.1) is 0 Å². The molecule has 0 bridgehead atoms. The molecule has 1 saturated heterocycles. The summed E-state index contributed by atoms with van der Waals surface area (Å²) in [6.45, 7) is 5.44. The highest BCUT2D eigenvalue weighted by Crippen LogP contribution is 2.32. The number of halogens is 1. The third kappa shape index (κ3) is 3.05. The van der Waals surface area contributed by atoms with Gasteiger partial charge in [-0.1, -0.05) is 6.92 Å². The van der Waals surface area contributed by atoms with Crippen LogP contribution in [-0.2, 0) is 11.2 Å². The van der Waals surface area contributed by atoms with Crippen LogP contribution in [0.5, 0.6) is 0 Å². The Kier molecular flexibility index (Phi) is 4.08. The Labute approximate surface area is 121 Å². The van der Waals surface area contributed by atoms with Crippen molar-refractivity contribution in [2.24, 2.45) is 11.1 Å². The predicted molar refractivity (Wildman–Crippen MR) is 77.9 cm³/mol. The maximum atomic E-state index is 11.5. The average molecular weight is 327 g/mol. The van der Waals surface area contributed by atoms with E-state index < -0.39 is 5.41 Å². The van der Waals surface area contributed by atoms with Crippen LogP contribution in [0, 0.1) is 5.41 Å². The Balaban J connectivity index is 2.21. The number of aryl methyl sites for hydroxylation is 1. The fraction of sp³-hybridized carbons (Fsp3) is 0.615. The van der Waals surface area contributed by atoms with Crippen LogP contribution in [-0.4, -0.2) is 29.0 Å². The lowest BCUT2D eigenvalue weighted by molar-refractivity contribution is -0.125. The standard InChI is InChI=1S/C13H19BrN4O/c1-3-4-10-16-9(14)7-11(17-10)18-6-5-13(2,8-18)12(15)19/h7H,3-6,8H2,1-2H3,(H2,15,19). The summed E-state index contributed by atoms with van der Waals surface area (Å²) in [5, 5.41) is 0. The van der Waals surface area contributed by atoms with Gasteiger partial charge in [0.05, 0.1) is 5.41 Å². The number of anilines is 1. The number of rotatable bonds is 4. The monoisotopic (exact) mass is 326 g/mol. The number of nitrogens with zero attached hydrogens (tertiary/aromatic N) is 3. The molecule has 1 aromatic rings. The maximum absolute atomic E-state index is 11.5. The number of nitrogens with two attached hydrogens (primary N) is 1. The third-order valence-electron chi connectivity index (χ3n) is 3.59. The maximum Gasteiger partial charge on any atom is 0.225 e. The minimum atomic E-state index is -0.456. The molecule has 1 amide bonds.